The largest absolute Gasteiger partial charge is 0.277 e. The van der Waals surface area contributed by atoms with Gasteiger partial charge in [-0.2, -0.15) is 0 Å². The number of amides is 1. The molecule has 0 saturated carbocycles. The quantitative estimate of drug-likeness (QED) is 0.586. The van der Waals surface area contributed by atoms with Crippen LogP contribution in [-0.2, 0) is 9.63 Å². The first-order chi connectivity index (χ1) is 6.72. The summed E-state index contributed by atoms with van der Waals surface area (Å²) in [5, 5.41) is 0. The molecule has 4 heteroatoms. The average molecular weight is 195 g/mol. The molecular weight excluding hydrogens is 185 g/mol. The fraction of sp³-hybridized carbons (Fsp3) is 0.100. The zero-order valence-corrected chi connectivity index (χ0v) is 7.66. The van der Waals surface area contributed by atoms with E-state index in [9.17, 15) is 9.18 Å². The zero-order chi connectivity index (χ0) is 10.4. The molecule has 0 aliphatic heterocycles. The van der Waals surface area contributed by atoms with Gasteiger partial charge in [-0.05, 0) is 23.8 Å². The molecule has 74 valence electrons. The van der Waals surface area contributed by atoms with Crippen molar-refractivity contribution < 1.29 is 14.0 Å². The first kappa shape index (κ1) is 10.4. The molecule has 0 saturated heterocycles. The molecule has 14 heavy (non-hydrogen) atoms. The molecular formula is C10H10FNO2. The van der Waals surface area contributed by atoms with Crippen molar-refractivity contribution in [1.29, 1.82) is 0 Å². The number of carbonyl (C=O) groups is 1. The lowest BCUT2D eigenvalue weighted by Crippen LogP contribution is -2.18. The van der Waals surface area contributed by atoms with Crippen molar-refractivity contribution in [3.05, 3.63) is 41.7 Å². The summed E-state index contributed by atoms with van der Waals surface area (Å²) in [4.78, 5) is 15.3. The minimum atomic E-state index is -0.364. The van der Waals surface area contributed by atoms with Crippen LogP contribution in [0.4, 0.5) is 4.39 Å². The van der Waals surface area contributed by atoms with E-state index in [0.29, 0.717) is 0 Å². The van der Waals surface area contributed by atoms with Gasteiger partial charge in [-0.1, -0.05) is 12.1 Å². The van der Waals surface area contributed by atoms with Gasteiger partial charge >= 0.3 is 0 Å². The number of carbonyl (C=O) groups excluding carboxylic acids is 1. The molecule has 0 aliphatic rings. The minimum Gasteiger partial charge on any atom is -0.277 e. The number of benzene rings is 1. The Kier molecular flexibility index (Phi) is 3.82. The Hall–Kier alpha value is -1.68. The van der Waals surface area contributed by atoms with Crippen molar-refractivity contribution in [1.82, 2.24) is 5.48 Å². The molecule has 1 amide bonds. The molecule has 0 radical (unpaired) electrons. The van der Waals surface area contributed by atoms with Gasteiger partial charge in [0.2, 0.25) is 0 Å². The number of rotatable bonds is 3. The SMILES string of the molecule is CONC(=O)/C=C/c1ccc(F)cc1. The highest BCUT2D eigenvalue weighted by molar-refractivity contribution is 5.90. The van der Waals surface area contributed by atoms with Crippen LogP contribution < -0.4 is 5.48 Å². The van der Waals surface area contributed by atoms with Crippen LogP contribution in [0.25, 0.3) is 6.08 Å². The van der Waals surface area contributed by atoms with Gasteiger partial charge in [-0.15, -0.1) is 0 Å². The van der Waals surface area contributed by atoms with Crippen LogP contribution in [0.5, 0.6) is 0 Å². The molecule has 1 aromatic carbocycles. The Bertz CT molecular complexity index is 332. The van der Waals surface area contributed by atoms with Gasteiger partial charge in [-0.25, -0.2) is 9.87 Å². The maximum atomic E-state index is 12.5. The Morgan fingerprint density at radius 1 is 1.43 bits per heavy atom. The van der Waals surface area contributed by atoms with Crippen molar-refractivity contribution >= 4 is 12.0 Å². The van der Waals surface area contributed by atoms with Gasteiger partial charge in [0.25, 0.3) is 5.91 Å². The Balaban J connectivity index is 2.60. The Morgan fingerprint density at radius 2 is 2.07 bits per heavy atom. The maximum Gasteiger partial charge on any atom is 0.267 e. The number of halogens is 1. The average Bonchev–Trinajstić information content (AvgIpc) is 2.17. The van der Waals surface area contributed by atoms with Gasteiger partial charge in [0.05, 0.1) is 7.11 Å². The van der Waals surface area contributed by atoms with Crippen LogP contribution in [0, 0.1) is 5.82 Å². The van der Waals surface area contributed by atoms with Crippen LogP contribution in [0.3, 0.4) is 0 Å². The summed E-state index contributed by atoms with van der Waals surface area (Å²) in [6.07, 6.45) is 2.87. The van der Waals surface area contributed by atoms with Gasteiger partial charge < -0.3 is 0 Å². The number of nitrogens with one attached hydrogen (secondary N) is 1. The monoisotopic (exact) mass is 195 g/mol. The van der Waals surface area contributed by atoms with E-state index in [2.05, 4.69) is 10.3 Å². The molecule has 0 bridgehead atoms. The minimum absolute atomic E-state index is 0.302. The number of hydrogen-bond acceptors (Lipinski definition) is 2. The van der Waals surface area contributed by atoms with E-state index >= 15 is 0 Å². The fourth-order valence-corrected chi connectivity index (χ4v) is 0.880. The van der Waals surface area contributed by atoms with Crippen molar-refractivity contribution in [2.45, 2.75) is 0 Å². The maximum absolute atomic E-state index is 12.5. The van der Waals surface area contributed by atoms with E-state index < -0.39 is 0 Å². The normalized spacial score (nSPS) is 10.4. The predicted octanol–water partition coefficient (Wildman–Crippen LogP) is 1.52. The molecule has 1 aromatic rings. The summed E-state index contributed by atoms with van der Waals surface area (Å²) in [6.45, 7) is 0. The topological polar surface area (TPSA) is 38.3 Å². The standard InChI is InChI=1S/C10H10FNO2/c1-14-12-10(13)7-4-8-2-5-9(11)6-3-8/h2-7H,1H3,(H,12,13)/b7-4+. The molecule has 0 heterocycles. The van der Waals surface area contributed by atoms with E-state index in [1.54, 1.807) is 18.2 Å². The third kappa shape index (κ3) is 3.37. The van der Waals surface area contributed by atoms with Crippen LogP contribution in [0.1, 0.15) is 5.56 Å². The van der Waals surface area contributed by atoms with Crippen molar-refractivity contribution in [3.8, 4) is 0 Å². The van der Waals surface area contributed by atoms with Gasteiger partial charge in [-0.3, -0.25) is 9.63 Å². The molecule has 0 unspecified atom stereocenters. The summed E-state index contributed by atoms with van der Waals surface area (Å²) in [6, 6.07) is 5.81. The van der Waals surface area contributed by atoms with E-state index in [1.165, 1.54) is 25.3 Å². The van der Waals surface area contributed by atoms with Gasteiger partial charge in [0.1, 0.15) is 5.82 Å². The van der Waals surface area contributed by atoms with E-state index in [1.807, 2.05) is 0 Å². The molecule has 0 aromatic heterocycles. The van der Waals surface area contributed by atoms with Gasteiger partial charge in [0.15, 0.2) is 0 Å². The summed E-state index contributed by atoms with van der Waals surface area (Å²) < 4.78 is 12.5. The Morgan fingerprint density at radius 3 is 2.64 bits per heavy atom. The third-order valence-electron chi connectivity index (χ3n) is 1.50. The molecule has 1 rings (SSSR count). The zero-order valence-electron chi connectivity index (χ0n) is 7.66. The van der Waals surface area contributed by atoms with Crippen LogP contribution >= 0.6 is 0 Å². The second kappa shape index (κ2) is 5.14. The number of hydroxylamine groups is 1. The first-order valence-corrected chi connectivity index (χ1v) is 3.99. The third-order valence-corrected chi connectivity index (χ3v) is 1.50. The molecule has 0 fully saturated rings. The molecule has 0 atom stereocenters. The van der Waals surface area contributed by atoms with Crippen molar-refractivity contribution in [2.75, 3.05) is 7.11 Å². The number of hydrogen-bond donors (Lipinski definition) is 1. The lowest BCUT2D eigenvalue weighted by atomic mass is 10.2. The van der Waals surface area contributed by atoms with Crippen LogP contribution in [0.2, 0.25) is 0 Å². The summed E-state index contributed by atoms with van der Waals surface area (Å²) in [5.74, 6) is -0.666. The fourth-order valence-electron chi connectivity index (χ4n) is 0.880. The first-order valence-electron chi connectivity index (χ1n) is 3.99. The summed E-state index contributed by atoms with van der Waals surface area (Å²) in [5.41, 5.74) is 2.88. The summed E-state index contributed by atoms with van der Waals surface area (Å²) in [7, 11) is 1.35. The molecule has 1 N–H and O–H groups in total. The lowest BCUT2D eigenvalue weighted by molar-refractivity contribution is -0.126. The molecule has 0 spiro atoms. The molecule has 0 aliphatic carbocycles. The molecule has 3 nitrogen and oxygen atoms in total. The predicted molar refractivity (Wildman–Crippen MR) is 50.6 cm³/mol. The van der Waals surface area contributed by atoms with Gasteiger partial charge in [0, 0.05) is 6.08 Å². The van der Waals surface area contributed by atoms with E-state index in [4.69, 9.17) is 0 Å². The summed E-state index contributed by atoms with van der Waals surface area (Å²) >= 11 is 0. The Labute approximate surface area is 81.1 Å². The highest BCUT2D eigenvalue weighted by atomic mass is 19.1. The van der Waals surface area contributed by atoms with Crippen LogP contribution in [-0.4, -0.2) is 13.0 Å². The van der Waals surface area contributed by atoms with Crippen LogP contribution in [0.15, 0.2) is 30.3 Å². The van der Waals surface area contributed by atoms with E-state index in [-0.39, 0.29) is 11.7 Å². The highest BCUT2D eigenvalue weighted by Crippen LogP contribution is 2.04. The smallest absolute Gasteiger partial charge is 0.267 e. The second-order valence-corrected chi connectivity index (χ2v) is 2.56. The lowest BCUT2D eigenvalue weighted by Gasteiger charge is -1.95. The highest BCUT2D eigenvalue weighted by Gasteiger charge is 1.92. The second-order valence-electron chi connectivity index (χ2n) is 2.56. The van der Waals surface area contributed by atoms with E-state index in [0.717, 1.165) is 5.56 Å². The van der Waals surface area contributed by atoms with Crippen molar-refractivity contribution in [3.63, 3.8) is 0 Å². The van der Waals surface area contributed by atoms with Crippen molar-refractivity contribution in [2.24, 2.45) is 0 Å².